The topological polar surface area (TPSA) is 128 Å². The molecule has 5 rings (SSSR count). The highest BCUT2D eigenvalue weighted by molar-refractivity contribution is 5.95. The van der Waals surface area contributed by atoms with Crippen molar-refractivity contribution >= 4 is 23.1 Å². The van der Waals surface area contributed by atoms with E-state index in [1.54, 1.807) is 24.4 Å². The van der Waals surface area contributed by atoms with Crippen LogP contribution in [-0.4, -0.2) is 31.7 Å². The van der Waals surface area contributed by atoms with Crippen LogP contribution in [0.5, 0.6) is 0 Å². The number of nitrogens with zero attached hydrogens (tertiary/aromatic N) is 4. The maximum atomic E-state index is 11.9. The molecule has 1 fully saturated rings. The van der Waals surface area contributed by atoms with Crippen molar-refractivity contribution in [1.29, 1.82) is 0 Å². The predicted molar refractivity (Wildman–Crippen MR) is 134 cm³/mol. The van der Waals surface area contributed by atoms with Gasteiger partial charge in [-0.3, -0.25) is 19.3 Å². The number of nitrogens with two attached hydrogens (primary N) is 1. The first-order valence-corrected chi connectivity index (χ1v) is 11.6. The first-order chi connectivity index (χ1) is 16.8. The van der Waals surface area contributed by atoms with E-state index < -0.39 is 10.8 Å². The highest BCUT2D eigenvalue weighted by Crippen LogP contribution is 2.43. The maximum absolute atomic E-state index is 11.9. The van der Waals surface area contributed by atoms with Crippen LogP contribution in [0.3, 0.4) is 0 Å². The number of nitrogens with one attached hydrogen (secondary N) is 1. The van der Waals surface area contributed by atoms with Crippen molar-refractivity contribution < 1.29 is 9.72 Å². The number of carbonyl (C=O) groups excluding carboxylic acids is 1. The summed E-state index contributed by atoms with van der Waals surface area (Å²) in [6.45, 7) is 4.94. The molecular weight excluding hydrogens is 444 g/mol. The number of nitro benzene ring substituents is 1. The first kappa shape index (κ1) is 22.5. The molecule has 2 aromatic carbocycles. The molecule has 35 heavy (non-hydrogen) atoms. The summed E-state index contributed by atoms with van der Waals surface area (Å²) in [7, 11) is 0. The maximum Gasteiger partial charge on any atom is 0.269 e. The number of hydrogen-bond acceptors (Lipinski definition) is 6. The standard InChI is InChI=1S/C26H26N6O3/c1-15(2)12-28-25-26-29-13-23(18-7-10-20(24(27)33)21(11-18)16-3-4-16)31(26)14-22(30-25)17-5-8-19(9-6-17)32(34)35/h5-11,13-16H,3-4,12H2,1-2H3,(H2,27,33)(H,28,30). The van der Waals surface area contributed by atoms with Gasteiger partial charge in [0.1, 0.15) is 0 Å². The van der Waals surface area contributed by atoms with Gasteiger partial charge in [-0.15, -0.1) is 0 Å². The zero-order valence-corrected chi connectivity index (χ0v) is 19.6. The largest absolute Gasteiger partial charge is 0.367 e. The molecule has 0 saturated heterocycles. The smallest absolute Gasteiger partial charge is 0.269 e. The van der Waals surface area contributed by atoms with E-state index in [0.717, 1.165) is 35.2 Å². The molecule has 0 aliphatic heterocycles. The monoisotopic (exact) mass is 470 g/mol. The first-order valence-electron chi connectivity index (χ1n) is 11.6. The van der Waals surface area contributed by atoms with E-state index >= 15 is 0 Å². The molecule has 2 aromatic heterocycles. The van der Waals surface area contributed by atoms with Gasteiger partial charge in [0.25, 0.3) is 5.69 Å². The average Bonchev–Trinajstić information content (AvgIpc) is 3.60. The Labute approximate surface area is 202 Å². The third kappa shape index (κ3) is 4.44. The zero-order valence-electron chi connectivity index (χ0n) is 19.6. The molecule has 2 heterocycles. The van der Waals surface area contributed by atoms with E-state index in [2.05, 4.69) is 24.1 Å². The third-order valence-corrected chi connectivity index (χ3v) is 6.17. The van der Waals surface area contributed by atoms with Gasteiger partial charge in [-0.1, -0.05) is 19.9 Å². The van der Waals surface area contributed by atoms with Gasteiger partial charge in [0, 0.05) is 41.6 Å². The van der Waals surface area contributed by atoms with Gasteiger partial charge in [-0.05, 0) is 54.5 Å². The Morgan fingerprint density at radius 1 is 1.20 bits per heavy atom. The van der Waals surface area contributed by atoms with Crippen LogP contribution in [0.25, 0.3) is 28.2 Å². The number of primary amides is 1. The Bertz CT molecular complexity index is 1440. The van der Waals surface area contributed by atoms with Crippen LogP contribution in [-0.2, 0) is 0 Å². The van der Waals surface area contributed by atoms with Crippen molar-refractivity contribution in [2.24, 2.45) is 11.7 Å². The second-order valence-corrected chi connectivity index (χ2v) is 9.33. The predicted octanol–water partition coefficient (Wildman–Crippen LogP) is 5.02. The number of rotatable bonds is 8. The highest BCUT2D eigenvalue weighted by Gasteiger charge is 2.28. The molecule has 9 nitrogen and oxygen atoms in total. The fraction of sp³-hybridized carbons (Fsp3) is 0.269. The Morgan fingerprint density at radius 2 is 1.91 bits per heavy atom. The Kier molecular flexibility index (Phi) is 5.68. The SMILES string of the molecule is CC(C)CNc1nc(-c2ccc([N+](=O)[O-])cc2)cn2c(-c3ccc(C(N)=O)c(C4CC4)c3)cnc12. The molecule has 1 aliphatic carbocycles. The number of amides is 1. The quantitative estimate of drug-likeness (QED) is 0.275. The van der Waals surface area contributed by atoms with Crippen molar-refractivity contribution in [3.05, 3.63) is 76.1 Å². The fourth-order valence-corrected chi connectivity index (χ4v) is 4.19. The van der Waals surface area contributed by atoms with Crippen molar-refractivity contribution in [1.82, 2.24) is 14.4 Å². The van der Waals surface area contributed by atoms with Gasteiger partial charge in [-0.25, -0.2) is 9.97 Å². The Morgan fingerprint density at radius 3 is 2.54 bits per heavy atom. The summed E-state index contributed by atoms with van der Waals surface area (Å²) < 4.78 is 1.97. The number of carbonyl (C=O) groups is 1. The van der Waals surface area contributed by atoms with Crippen LogP contribution < -0.4 is 11.1 Å². The molecule has 178 valence electrons. The second kappa shape index (κ2) is 8.83. The number of nitro groups is 1. The number of imidazole rings is 1. The number of fused-ring (bicyclic) bond motifs is 1. The van der Waals surface area contributed by atoms with Crippen LogP contribution in [0.15, 0.2) is 54.9 Å². The Balaban J connectivity index is 1.65. The van der Waals surface area contributed by atoms with Gasteiger partial charge in [0.15, 0.2) is 11.5 Å². The van der Waals surface area contributed by atoms with Crippen LogP contribution in [0.4, 0.5) is 11.5 Å². The fourth-order valence-electron chi connectivity index (χ4n) is 4.19. The summed E-state index contributed by atoms with van der Waals surface area (Å²) in [5, 5.41) is 14.5. The van der Waals surface area contributed by atoms with E-state index in [4.69, 9.17) is 10.7 Å². The van der Waals surface area contributed by atoms with Gasteiger partial charge in [-0.2, -0.15) is 0 Å². The van der Waals surface area contributed by atoms with E-state index in [-0.39, 0.29) is 5.69 Å². The van der Waals surface area contributed by atoms with Gasteiger partial charge in [0.05, 0.1) is 22.5 Å². The summed E-state index contributed by atoms with van der Waals surface area (Å²) >= 11 is 0. The van der Waals surface area contributed by atoms with Gasteiger partial charge >= 0.3 is 0 Å². The summed E-state index contributed by atoms with van der Waals surface area (Å²) in [5.41, 5.74) is 11.1. The number of anilines is 1. The summed E-state index contributed by atoms with van der Waals surface area (Å²) in [6, 6.07) is 12.1. The third-order valence-electron chi connectivity index (χ3n) is 6.17. The van der Waals surface area contributed by atoms with Crippen LogP contribution in [0.2, 0.25) is 0 Å². The normalized spacial score (nSPS) is 13.3. The minimum atomic E-state index is -0.419. The van der Waals surface area contributed by atoms with Gasteiger partial charge < -0.3 is 11.1 Å². The molecule has 1 aliphatic rings. The zero-order chi connectivity index (χ0) is 24.7. The second-order valence-electron chi connectivity index (χ2n) is 9.33. The van der Waals surface area contributed by atoms with E-state index in [1.807, 2.05) is 22.7 Å². The molecule has 0 radical (unpaired) electrons. The number of non-ortho nitro benzene ring substituents is 1. The minimum Gasteiger partial charge on any atom is -0.367 e. The van der Waals surface area contributed by atoms with Crippen molar-refractivity contribution in [3.63, 3.8) is 0 Å². The molecule has 0 spiro atoms. The Hall–Kier alpha value is -4.27. The lowest BCUT2D eigenvalue weighted by molar-refractivity contribution is -0.384. The van der Waals surface area contributed by atoms with Crippen molar-refractivity contribution in [2.45, 2.75) is 32.6 Å². The van der Waals surface area contributed by atoms with E-state index in [9.17, 15) is 14.9 Å². The summed E-state index contributed by atoms with van der Waals surface area (Å²) in [4.78, 5) is 32.0. The molecule has 0 atom stereocenters. The molecular formula is C26H26N6O3. The molecule has 4 aromatic rings. The van der Waals surface area contributed by atoms with Gasteiger partial charge in [0.2, 0.25) is 5.91 Å². The highest BCUT2D eigenvalue weighted by atomic mass is 16.6. The van der Waals surface area contributed by atoms with E-state index in [0.29, 0.717) is 41.1 Å². The van der Waals surface area contributed by atoms with Crippen molar-refractivity contribution in [2.75, 3.05) is 11.9 Å². The van der Waals surface area contributed by atoms with E-state index in [1.165, 1.54) is 12.1 Å². The molecule has 1 amide bonds. The minimum absolute atomic E-state index is 0.0263. The lowest BCUT2D eigenvalue weighted by Gasteiger charge is -2.13. The molecule has 0 bridgehead atoms. The molecule has 0 unspecified atom stereocenters. The number of hydrogen-bond donors (Lipinski definition) is 2. The average molecular weight is 471 g/mol. The number of benzene rings is 2. The lowest BCUT2D eigenvalue weighted by atomic mass is 9.98. The lowest BCUT2D eigenvalue weighted by Crippen LogP contribution is -2.13. The summed E-state index contributed by atoms with van der Waals surface area (Å²) in [6.07, 6.45) is 5.79. The molecule has 3 N–H and O–H groups in total. The molecule has 9 heteroatoms. The number of aromatic nitrogens is 3. The van der Waals surface area contributed by atoms with Crippen molar-refractivity contribution in [3.8, 4) is 22.5 Å². The summed E-state index contributed by atoms with van der Waals surface area (Å²) in [5.74, 6) is 0.979. The van der Waals surface area contributed by atoms with Crippen LogP contribution in [0.1, 0.15) is 48.5 Å². The molecule has 1 saturated carbocycles. The van der Waals surface area contributed by atoms with Crippen LogP contribution >= 0.6 is 0 Å². The van der Waals surface area contributed by atoms with Crippen LogP contribution in [0, 0.1) is 16.0 Å².